The number of likely N-dealkylation sites (N-methyl/N-ethyl adjacent to an activating group) is 1. The number of ether oxygens (including phenoxy) is 1. The van der Waals surface area contributed by atoms with E-state index >= 15 is 0 Å². The molecule has 1 atom stereocenters. The average molecular weight is 355 g/mol. The number of aliphatic hydroxyl groups is 1. The summed E-state index contributed by atoms with van der Waals surface area (Å²) in [5.74, 6) is -0.183. The number of nitrogens with zero attached hydrogens (tertiary/aromatic N) is 2. The predicted octanol–water partition coefficient (Wildman–Crippen LogP) is 1.94. The highest BCUT2D eigenvalue weighted by Gasteiger charge is 2.21. The number of ketones is 1. The molecule has 1 rings (SSSR count). The van der Waals surface area contributed by atoms with Crippen molar-refractivity contribution in [2.75, 3.05) is 27.7 Å². The van der Waals surface area contributed by atoms with Crippen LogP contribution in [0.15, 0.2) is 24.3 Å². The molecule has 0 fully saturated rings. The zero-order valence-electron chi connectivity index (χ0n) is 15.4. The molecule has 0 radical (unpaired) electrons. The number of hydrogen-bond donors (Lipinski definition) is 1. The van der Waals surface area contributed by atoms with Crippen LogP contribution >= 0.6 is 0 Å². The first-order chi connectivity index (χ1) is 11.5. The summed E-state index contributed by atoms with van der Waals surface area (Å²) in [4.78, 5) is 31.4. The summed E-state index contributed by atoms with van der Waals surface area (Å²) in [6.07, 6.45) is 0.513. The molecule has 0 amide bonds. The van der Waals surface area contributed by atoms with Crippen LogP contribution in [0, 0.1) is 10.1 Å². The van der Waals surface area contributed by atoms with Gasteiger partial charge in [0.1, 0.15) is 12.3 Å². The van der Waals surface area contributed by atoms with Gasteiger partial charge in [0.2, 0.25) is 0 Å². The lowest BCUT2D eigenvalue weighted by atomic mass is 10.1. The van der Waals surface area contributed by atoms with Crippen LogP contribution in [-0.2, 0) is 9.59 Å². The Morgan fingerprint density at radius 2 is 1.76 bits per heavy atom. The van der Waals surface area contributed by atoms with Gasteiger partial charge in [-0.3, -0.25) is 19.7 Å². The second kappa shape index (κ2) is 10.5. The summed E-state index contributed by atoms with van der Waals surface area (Å²) in [6.45, 7) is 3.71. The molecular formula is C17H27N2O6+. The second-order valence-corrected chi connectivity index (χ2v) is 6.55. The fourth-order valence-electron chi connectivity index (χ4n) is 1.84. The van der Waals surface area contributed by atoms with Crippen LogP contribution in [0.4, 0.5) is 5.69 Å². The van der Waals surface area contributed by atoms with Crippen molar-refractivity contribution in [1.29, 1.82) is 0 Å². The van der Waals surface area contributed by atoms with E-state index in [1.54, 1.807) is 0 Å². The van der Waals surface area contributed by atoms with Crippen LogP contribution in [0.2, 0.25) is 0 Å². The smallest absolute Gasteiger partial charge is 0.308 e. The van der Waals surface area contributed by atoms with E-state index in [9.17, 15) is 24.8 Å². The van der Waals surface area contributed by atoms with Gasteiger partial charge in [0, 0.05) is 25.5 Å². The molecule has 1 aromatic carbocycles. The zero-order valence-corrected chi connectivity index (χ0v) is 15.4. The summed E-state index contributed by atoms with van der Waals surface area (Å²) in [7, 11) is 5.88. The number of aliphatic hydroxyl groups excluding tert-OH is 1. The summed E-state index contributed by atoms with van der Waals surface area (Å²) in [5, 5.41) is 19.7. The largest absolute Gasteiger partial charge is 0.427 e. The van der Waals surface area contributed by atoms with Crippen LogP contribution < -0.4 is 4.74 Å². The van der Waals surface area contributed by atoms with E-state index in [0.717, 1.165) is 6.42 Å². The average Bonchev–Trinajstić information content (AvgIpc) is 2.46. The second-order valence-electron chi connectivity index (χ2n) is 6.55. The maximum Gasteiger partial charge on any atom is 0.308 e. The van der Waals surface area contributed by atoms with Gasteiger partial charge in [-0.1, -0.05) is 6.92 Å². The molecule has 0 saturated carbocycles. The molecule has 0 aromatic heterocycles. The molecule has 1 unspecified atom stereocenters. The van der Waals surface area contributed by atoms with E-state index in [2.05, 4.69) is 4.74 Å². The number of nitro benzene ring substituents is 1. The van der Waals surface area contributed by atoms with Gasteiger partial charge in [-0.2, -0.15) is 0 Å². The summed E-state index contributed by atoms with van der Waals surface area (Å²) in [5.41, 5.74) is -0.0316. The number of esters is 1. The Bertz CT molecular complexity index is 578. The molecular weight excluding hydrogens is 328 g/mol. The van der Waals surface area contributed by atoms with Gasteiger partial charge in [0.05, 0.1) is 26.1 Å². The third-order valence-corrected chi connectivity index (χ3v) is 2.90. The first-order valence-electron chi connectivity index (χ1n) is 7.90. The van der Waals surface area contributed by atoms with Crippen molar-refractivity contribution in [3.05, 3.63) is 34.4 Å². The number of hydrogen-bond acceptors (Lipinski definition) is 6. The highest BCUT2D eigenvalue weighted by atomic mass is 16.6. The van der Waals surface area contributed by atoms with Crippen molar-refractivity contribution in [3.63, 3.8) is 0 Å². The van der Waals surface area contributed by atoms with Crippen molar-refractivity contribution in [3.8, 4) is 5.75 Å². The Hall–Kier alpha value is -2.32. The highest BCUT2D eigenvalue weighted by molar-refractivity contribution is 5.82. The molecule has 1 N–H and O–H groups in total. The van der Waals surface area contributed by atoms with E-state index in [0.29, 0.717) is 23.2 Å². The Balaban J connectivity index is 0.000000463. The lowest BCUT2D eigenvalue weighted by Crippen LogP contribution is -2.44. The van der Waals surface area contributed by atoms with E-state index in [1.807, 2.05) is 28.1 Å². The molecule has 8 heteroatoms. The minimum atomic E-state index is -0.787. The minimum Gasteiger partial charge on any atom is -0.427 e. The van der Waals surface area contributed by atoms with Crippen LogP contribution in [0.3, 0.4) is 0 Å². The van der Waals surface area contributed by atoms with Crippen LogP contribution in [0.25, 0.3) is 0 Å². The molecule has 0 heterocycles. The Morgan fingerprint density at radius 3 is 2.12 bits per heavy atom. The van der Waals surface area contributed by atoms with Gasteiger partial charge in [-0.15, -0.1) is 0 Å². The number of benzene rings is 1. The molecule has 0 bridgehead atoms. The fourth-order valence-corrected chi connectivity index (χ4v) is 1.84. The molecule has 0 saturated heterocycles. The van der Waals surface area contributed by atoms with Crippen molar-refractivity contribution in [1.82, 2.24) is 0 Å². The maximum absolute atomic E-state index is 11.2. The first kappa shape index (κ1) is 22.7. The third kappa shape index (κ3) is 11.0. The molecule has 140 valence electrons. The van der Waals surface area contributed by atoms with Crippen molar-refractivity contribution in [2.24, 2.45) is 0 Å². The number of non-ortho nitro benzene ring substituents is 1. The molecule has 0 aliphatic heterocycles. The van der Waals surface area contributed by atoms with Gasteiger partial charge in [-0.25, -0.2) is 0 Å². The number of nitro groups is 1. The maximum atomic E-state index is 11.2. The lowest BCUT2D eigenvalue weighted by molar-refractivity contribution is -0.872. The van der Waals surface area contributed by atoms with E-state index in [1.165, 1.54) is 31.2 Å². The molecule has 25 heavy (non-hydrogen) atoms. The Labute approximate surface area is 147 Å². The topological polar surface area (TPSA) is 107 Å². The third-order valence-electron chi connectivity index (χ3n) is 2.90. The Kier molecular flexibility index (Phi) is 9.55. The van der Waals surface area contributed by atoms with Gasteiger partial charge >= 0.3 is 5.97 Å². The number of quaternary nitrogens is 1. The van der Waals surface area contributed by atoms with Gasteiger partial charge in [-0.05, 0) is 18.6 Å². The van der Waals surface area contributed by atoms with Crippen molar-refractivity contribution < 1.29 is 28.8 Å². The van der Waals surface area contributed by atoms with Gasteiger partial charge < -0.3 is 14.3 Å². The standard InChI is InChI=1S/C9H20NO2.C8H7NO4/c1-5-6-8(11)9(12)7-10(2,3)4;1-6(10)13-8-4-2-7(3-5-8)9(11)12/h9,12H,5-7H2,1-4H3;2-5H,1H3/q+1;. The molecule has 1 aromatic rings. The van der Waals surface area contributed by atoms with Crippen LogP contribution in [0.5, 0.6) is 5.75 Å². The summed E-state index contributed by atoms with van der Waals surface area (Å²) in [6, 6.07) is 5.30. The molecule has 8 nitrogen and oxygen atoms in total. The molecule has 0 spiro atoms. The number of carbonyl (C=O) groups excluding carboxylic acids is 2. The van der Waals surface area contributed by atoms with E-state index in [-0.39, 0.29) is 11.5 Å². The number of rotatable bonds is 7. The summed E-state index contributed by atoms with van der Waals surface area (Å²) >= 11 is 0. The van der Waals surface area contributed by atoms with Gasteiger partial charge in [0.25, 0.3) is 5.69 Å². The van der Waals surface area contributed by atoms with E-state index < -0.39 is 17.0 Å². The molecule has 0 aliphatic carbocycles. The van der Waals surface area contributed by atoms with E-state index in [4.69, 9.17) is 0 Å². The van der Waals surface area contributed by atoms with Crippen LogP contribution in [-0.4, -0.2) is 60.1 Å². The van der Waals surface area contributed by atoms with Crippen molar-refractivity contribution in [2.45, 2.75) is 32.8 Å². The molecule has 0 aliphatic rings. The number of carbonyl (C=O) groups is 2. The highest BCUT2D eigenvalue weighted by Crippen LogP contribution is 2.17. The number of Topliss-reactive ketones (excluding diaryl/α,β-unsaturated/α-hetero) is 1. The monoisotopic (exact) mass is 355 g/mol. The SMILES string of the molecule is CC(=O)Oc1ccc([N+](=O)[O-])cc1.CCCC(=O)C(O)C[N+](C)(C)C. The lowest BCUT2D eigenvalue weighted by Gasteiger charge is -2.26. The van der Waals surface area contributed by atoms with Crippen molar-refractivity contribution >= 4 is 17.4 Å². The first-order valence-corrected chi connectivity index (χ1v) is 7.90. The Morgan fingerprint density at radius 1 is 1.24 bits per heavy atom. The zero-order chi connectivity index (χ0) is 19.6. The van der Waals surface area contributed by atoms with Gasteiger partial charge in [0.15, 0.2) is 11.9 Å². The predicted molar refractivity (Wildman–Crippen MR) is 93.2 cm³/mol. The summed E-state index contributed by atoms with van der Waals surface area (Å²) < 4.78 is 5.31. The minimum absolute atomic E-state index is 0.0316. The fraction of sp³-hybridized carbons (Fsp3) is 0.529. The van der Waals surface area contributed by atoms with Crippen LogP contribution in [0.1, 0.15) is 26.7 Å². The normalized spacial score (nSPS) is 11.8. The quantitative estimate of drug-likeness (QED) is 0.263.